The van der Waals surface area contributed by atoms with Crippen LogP contribution in [-0.2, 0) is 9.53 Å². The van der Waals surface area contributed by atoms with Crippen molar-refractivity contribution in [3.8, 4) is 0 Å². The summed E-state index contributed by atoms with van der Waals surface area (Å²) in [7, 11) is 1.32. The van der Waals surface area contributed by atoms with Crippen molar-refractivity contribution in [1.82, 2.24) is 0 Å². The van der Waals surface area contributed by atoms with Gasteiger partial charge in [0.1, 0.15) is 0 Å². The van der Waals surface area contributed by atoms with Gasteiger partial charge in [-0.1, -0.05) is 19.1 Å². The van der Waals surface area contributed by atoms with E-state index in [1.54, 1.807) is 0 Å². The van der Waals surface area contributed by atoms with Gasteiger partial charge in [0.2, 0.25) is 0 Å². The standard InChI is InChI=1S/C9H16O3/c1-3-4-5-6-8(10)7-9(11)12-2/h4-5,8,10H,3,6-7H2,1-2H3/b5-4+/t8-/m0/s1. The summed E-state index contributed by atoms with van der Waals surface area (Å²) in [6, 6.07) is 0. The molecule has 0 heterocycles. The summed E-state index contributed by atoms with van der Waals surface area (Å²) in [4.78, 5) is 10.6. The van der Waals surface area contributed by atoms with E-state index in [4.69, 9.17) is 0 Å². The molecular weight excluding hydrogens is 156 g/mol. The number of aliphatic hydroxyl groups excluding tert-OH is 1. The van der Waals surface area contributed by atoms with Gasteiger partial charge in [0, 0.05) is 0 Å². The smallest absolute Gasteiger partial charge is 0.308 e. The van der Waals surface area contributed by atoms with E-state index in [1.165, 1.54) is 7.11 Å². The molecule has 3 heteroatoms. The van der Waals surface area contributed by atoms with Crippen LogP contribution in [0.2, 0.25) is 0 Å². The van der Waals surface area contributed by atoms with E-state index in [9.17, 15) is 9.90 Å². The average molecular weight is 172 g/mol. The summed E-state index contributed by atoms with van der Waals surface area (Å²) >= 11 is 0. The van der Waals surface area contributed by atoms with Gasteiger partial charge in [-0.15, -0.1) is 0 Å². The summed E-state index contributed by atoms with van der Waals surface area (Å²) in [5, 5.41) is 9.23. The molecule has 0 aromatic heterocycles. The van der Waals surface area contributed by atoms with Gasteiger partial charge >= 0.3 is 5.97 Å². The molecule has 0 unspecified atom stereocenters. The van der Waals surface area contributed by atoms with E-state index in [1.807, 2.05) is 19.1 Å². The number of esters is 1. The Morgan fingerprint density at radius 3 is 2.75 bits per heavy atom. The van der Waals surface area contributed by atoms with Gasteiger partial charge in [0.25, 0.3) is 0 Å². The highest BCUT2D eigenvalue weighted by Gasteiger charge is 2.08. The lowest BCUT2D eigenvalue weighted by Crippen LogP contribution is -2.13. The van der Waals surface area contributed by atoms with Crippen molar-refractivity contribution in [2.45, 2.75) is 32.3 Å². The summed E-state index contributed by atoms with van der Waals surface area (Å²) in [5.41, 5.74) is 0. The van der Waals surface area contributed by atoms with Gasteiger partial charge in [-0.25, -0.2) is 0 Å². The summed E-state index contributed by atoms with van der Waals surface area (Å²) in [6.45, 7) is 2.02. The SMILES string of the molecule is CC/C=C/C[C@H](O)CC(=O)OC. The summed E-state index contributed by atoms with van der Waals surface area (Å²) in [5.74, 6) is -0.368. The monoisotopic (exact) mass is 172 g/mol. The Kier molecular flexibility index (Phi) is 6.38. The van der Waals surface area contributed by atoms with Crippen molar-refractivity contribution in [3.63, 3.8) is 0 Å². The molecule has 0 amide bonds. The lowest BCUT2D eigenvalue weighted by Gasteiger charge is -2.04. The van der Waals surface area contributed by atoms with Crippen LogP contribution in [0, 0.1) is 0 Å². The third-order valence-corrected chi connectivity index (χ3v) is 1.44. The predicted molar refractivity (Wildman–Crippen MR) is 46.7 cm³/mol. The van der Waals surface area contributed by atoms with E-state index in [0.29, 0.717) is 6.42 Å². The van der Waals surface area contributed by atoms with Crippen molar-refractivity contribution in [2.24, 2.45) is 0 Å². The normalized spacial score (nSPS) is 13.2. The predicted octanol–water partition coefficient (Wildman–Crippen LogP) is 1.27. The maximum Gasteiger partial charge on any atom is 0.308 e. The molecule has 0 aliphatic heterocycles. The maximum atomic E-state index is 10.6. The van der Waals surface area contributed by atoms with Crippen LogP contribution in [0.3, 0.4) is 0 Å². The van der Waals surface area contributed by atoms with E-state index in [-0.39, 0.29) is 12.4 Å². The van der Waals surface area contributed by atoms with Crippen molar-refractivity contribution < 1.29 is 14.6 Å². The topological polar surface area (TPSA) is 46.5 Å². The number of rotatable bonds is 5. The quantitative estimate of drug-likeness (QED) is 0.501. The zero-order chi connectivity index (χ0) is 9.40. The Hall–Kier alpha value is -0.830. The molecule has 0 aromatic rings. The van der Waals surface area contributed by atoms with Crippen molar-refractivity contribution >= 4 is 5.97 Å². The summed E-state index contributed by atoms with van der Waals surface area (Å²) in [6.07, 6.45) is 4.76. The first-order chi connectivity index (χ1) is 5.70. The Morgan fingerprint density at radius 1 is 1.58 bits per heavy atom. The molecule has 0 aliphatic carbocycles. The fourth-order valence-corrected chi connectivity index (χ4v) is 0.779. The molecule has 0 saturated heterocycles. The number of hydrogen-bond donors (Lipinski definition) is 1. The molecule has 70 valence electrons. The number of hydrogen-bond acceptors (Lipinski definition) is 3. The number of carbonyl (C=O) groups excluding carboxylic acids is 1. The maximum absolute atomic E-state index is 10.6. The van der Waals surface area contributed by atoms with Gasteiger partial charge in [-0.3, -0.25) is 4.79 Å². The van der Waals surface area contributed by atoms with Crippen LogP contribution in [-0.4, -0.2) is 24.3 Å². The molecule has 0 bridgehead atoms. The lowest BCUT2D eigenvalue weighted by molar-refractivity contribution is -0.142. The van der Waals surface area contributed by atoms with Gasteiger partial charge in [0.05, 0.1) is 19.6 Å². The first-order valence-corrected chi connectivity index (χ1v) is 4.10. The third kappa shape index (κ3) is 5.92. The Labute approximate surface area is 73.0 Å². The first-order valence-electron chi connectivity index (χ1n) is 4.10. The summed E-state index contributed by atoms with van der Waals surface area (Å²) < 4.78 is 4.40. The van der Waals surface area contributed by atoms with Crippen LogP contribution in [0.15, 0.2) is 12.2 Å². The zero-order valence-corrected chi connectivity index (χ0v) is 7.62. The second kappa shape index (κ2) is 6.85. The molecule has 0 radical (unpaired) electrons. The molecule has 1 atom stereocenters. The van der Waals surface area contributed by atoms with E-state index in [2.05, 4.69) is 4.74 Å². The highest BCUT2D eigenvalue weighted by atomic mass is 16.5. The highest BCUT2D eigenvalue weighted by Crippen LogP contribution is 2.00. The van der Waals surface area contributed by atoms with Gasteiger partial charge < -0.3 is 9.84 Å². The number of allylic oxidation sites excluding steroid dienone is 1. The van der Waals surface area contributed by atoms with E-state index < -0.39 is 6.10 Å². The second-order valence-corrected chi connectivity index (χ2v) is 2.55. The molecule has 0 fully saturated rings. The zero-order valence-electron chi connectivity index (χ0n) is 7.62. The minimum atomic E-state index is -0.611. The Bertz CT molecular complexity index is 152. The fourth-order valence-electron chi connectivity index (χ4n) is 0.779. The Balaban J connectivity index is 3.52. The molecule has 0 aliphatic rings. The molecule has 12 heavy (non-hydrogen) atoms. The number of aliphatic hydroxyl groups is 1. The van der Waals surface area contributed by atoms with Crippen molar-refractivity contribution in [2.75, 3.05) is 7.11 Å². The van der Waals surface area contributed by atoms with Crippen LogP contribution < -0.4 is 0 Å². The molecule has 0 aromatic carbocycles. The van der Waals surface area contributed by atoms with Crippen LogP contribution >= 0.6 is 0 Å². The fraction of sp³-hybridized carbons (Fsp3) is 0.667. The van der Waals surface area contributed by atoms with E-state index in [0.717, 1.165) is 6.42 Å². The van der Waals surface area contributed by atoms with Gasteiger partial charge in [-0.05, 0) is 12.8 Å². The second-order valence-electron chi connectivity index (χ2n) is 2.55. The molecule has 0 rings (SSSR count). The van der Waals surface area contributed by atoms with Crippen molar-refractivity contribution in [1.29, 1.82) is 0 Å². The van der Waals surface area contributed by atoms with Crippen LogP contribution in [0.4, 0.5) is 0 Å². The van der Waals surface area contributed by atoms with Crippen LogP contribution in [0.25, 0.3) is 0 Å². The van der Waals surface area contributed by atoms with Crippen LogP contribution in [0.5, 0.6) is 0 Å². The molecule has 3 nitrogen and oxygen atoms in total. The molecule has 0 spiro atoms. The van der Waals surface area contributed by atoms with Gasteiger partial charge in [0.15, 0.2) is 0 Å². The first kappa shape index (κ1) is 11.2. The number of carbonyl (C=O) groups is 1. The number of ether oxygens (including phenoxy) is 1. The van der Waals surface area contributed by atoms with Crippen molar-refractivity contribution in [3.05, 3.63) is 12.2 Å². The van der Waals surface area contributed by atoms with E-state index >= 15 is 0 Å². The lowest BCUT2D eigenvalue weighted by atomic mass is 10.2. The Morgan fingerprint density at radius 2 is 2.25 bits per heavy atom. The minimum absolute atomic E-state index is 0.0740. The van der Waals surface area contributed by atoms with Crippen LogP contribution in [0.1, 0.15) is 26.2 Å². The third-order valence-electron chi connectivity index (χ3n) is 1.44. The molecular formula is C9H16O3. The number of methoxy groups -OCH3 is 1. The highest BCUT2D eigenvalue weighted by molar-refractivity contribution is 5.69. The molecule has 0 saturated carbocycles. The minimum Gasteiger partial charge on any atom is -0.469 e. The average Bonchev–Trinajstić information content (AvgIpc) is 2.05. The molecule has 1 N–H and O–H groups in total. The largest absolute Gasteiger partial charge is 0.469 e. The van der Waals surface area contributed by atoms with Gasteiger partial charge in [-0.2, -0.15) is 0 Å².